The summed E-state index contributed by atoms with van der Waals surface area (Å²) in [6.45, 7) is -1.14. The summed E-state index contributed by atoms with van der Waals surface area (Å²) in [7, 11) is 0. The predicted molar refractivity (Wildman–Crippen MR) is 53.4 cm³/mol. The molecule has 2 N–H and O–H groups in total. The van der Waals surface area contributed by atoms with E-state index in [0.29, 0.717) is 0 Å². The second kappa shape index (κ2) is 5.29. The zero-order chi connectivity index (χ0) is 12.1. The van der Waals surface area contributed by atoms with E-state index in [-0.39, 0.29) is 23.6 Å². The van der Waals surface area contributed by atoms with E-state index in [9.17, 15) is 13.6 Å². The summed E-state index contributed by atoms with van der Waals surface area (Å²) in [6, 6.07) is 3.81. The first kappa shape index (κ1) is 12.2. The Balaban J connectivity index is 2.93. The number of carbonyl (C=O) groups is 1. The van der Waals surface area contributed by atoms with Gasteiger partial charge in [0.05, 0.1) is 17.9 Å². The summed E-state index contributed by atoms with van der Waals surface area (Å²) in [6.07, 6.45) is 0. The van der Waals surface area contributed by atoms with Crippen molar-refractivity contribution in [3.63, 3.8) is 0 Å². The van der Waals surface area contributed by atoms with Crippen molar-refractivity contribution in [3.05, 3.63) is 23.8 Å². The minimum absolute atomic E-state index is 0.0355. The van der Waals surface area contributed by atoms with Gasteiger partial charge in [0.2, 0.25) is 0 Å². The Labute approximate surface area is 91.0 Å². The van der Waals surface area contributed by atoms with E-state index in [4.69, 9.17) is 10.5 Å². The molecule has 0 aliphatic heterocycles. The number of alkyl halides is 2. The second-order valence-corrected chi connectivity index (χ2v) is 2.85. The van der Waals surface area contributed by atoms with E-state index in [1.54, 1.807) is 6.92 Å². The molecule has 0 bridgehead atoms. The Bertz CT molecular complexity index is 382. The van der Waals surface area contributed by atoms with Gasteiger partial charge in [0.1, 0.15) is 5.75 Å². The molecule has 0 atom stereocenters. The van der Waals surface area contributed by atoms with Gasteiger partial charge < -0.3 is 15.2 Å². The van der Waals surface area contributed by atoms with Crippen molar-refractivity contribution < 1.29 is 23.0 Å². The number of hydrogen-bond acceptors (Lipinski definition) is 4. The molecule has 16 heavy (non-hydrogen) atoms. The number of benzene rings is 1. The van der Waals surface area contributed by atoms with Gasteiger partial charge in [0, 0.05) is 0 Å². The highest BCUT2D eigenvalue weighted by molar-refractivity contribution is 5.90. The molecule has 0 saturated heterocycles. The number of hydrogen-bond donors (Lipinski definition) is 1. The first-order chi connectivity index (χ1) is 7.54. The summed E-state index contributed by atoms with van der Waals surface area (Å²) in [5.41, 5.74) is 5.55. The van der Waals surface area contributed by atoms with E-state index >= 15 is 0 Å². The van der Waals surface area contributed by atoms with Gasteiger partial charge in [0.15, 0.2) is 0 Å². The Kier molecular flexibility index (Phi) is 4.04. The standard InChI is InChI=1S/C10H11F2NO3/c1-2-15-9(14)6-3-4-7(13)8(5-6)16-10(11)12/h3-5,10H,2,13H2,1H3. The number of rotatable bonds is 4. The SMILES string of the molecule is CCOC(=O)c1ccc(N)c(OC(F)F)c1. The van der Waals surface area contributed by atoms with Crippen molar-refractivity contribution in [2.75, 3.05) is 12.3 Å². The fourth-order valence-electron chi connectivity index (χ4n) is 1.07. The van der Waals surface area contributed by atoms with E-state index in [0.717, 1.165) is 6.07 Å². The average Bonchev–Trinajstić information content (AvgIpc) is 2.21. The van der Waals surface area contributed by atoms with Gasteiger partial charge in [-0.15, -0.1) is 0 Å². The number of nitrogen functional groups attached to an aromatic ring is 1. The third-order valence-electron chi connectivity index (χ3n) is 1.74. The molecule has 0 spiro atoms. The third-order valence-corrected chi connectivity index (χ3v) is 1.74. The van der Waals surface area contributed by atoms with E-state index in [2.05, 4.69) is 4.74 Å². The molecule has 0 aromatic heterocycles. The van der Waals surface area contributed by atoms with Crippen molar-refractivity contribution in [1.82, 2.24) is 0 Å². The molecule has 0 aliphatic carbocycles. The highest BCUT2D eigenvalue weighted by Crippen LogP contribution is 2.24. The van der Waals surface area contributed by atoms with Crippen LogP contribution < -0.4 is 10.5 Å². The Hall–Kier alpha value is -1.85. The van der Waals surface area contributed by atoms with Gasteiger partial charge in [-0.25, -0.2) is 4.79 Å². The lowest BCUT2D eigenvalue weighted by Gasteiger charge is -2.09. The molecule has 4 nitrogen and oxygen atoms in total. The quantitative estimate of drug-likeness (QED) is 0.636. The molecule has 1 aromatic carbocycles. The maximum Gasteiger partial charge on any atom is 0.387 e. The Morgan fingerprint density at radius 1 is 1.50 bits per heavy atom. The van der Waals surface area contributed by atoms with Crippen LogP contribution in [0, 0.1) is 0 Å². The van der Waals surface area contributed by atoms with Crippen LogP contribution in [0.5, 0.6) is 5.75 Å². The van der Waals surface area contributed by atoms with E-state index in [1.165, 1.54) is 12.1 Å². The lowest BCUT2D eigenvalue weighted by atomic mass is 10.2. The summed E-state index contributed by atoms with van der Waals surface area (Å²) < 4.78 is 32.8. The van der Waals surface area contributed by atoms with Crippen molar-refractivity contribution >= 4 is 11.7 Å². The van der Waals surface area contributed by atoms with Crippen LogP contribution in [0.15, 0.2) is 18.2 Å². The summed E-state index contributed by atoms with van der Waals surface area (Å²) in [5.74, 6) is -0.845. The maximum absolute atomic E-state index is 12.0. The van der Waals surface area contributed by atoms with Gasteiger partial charge in [-0.3, -0.25) is 0 Å². The second-order valence-electron chi connectivity index (χ2n) is 2.85. The van der Waals surface area contributed by atoms with Crippen LogP contribution in [0.1, 0.15) is 17.3 Å². The number of nitrogens with two attached hydrogens (primary N) is 1. The highest BCUT2D eigenvalue weighted by Gasteiger charge is 2.12. The Morgan fingerprint density at radius 3 is 2.75 bits per heavy atom. The molecule has 1 aromatic rings. The van der Waals surface area contributed by atoms with Crippen LogP contribution >= 0.6 is 0 Å². The van der Waals surface area contributed by atoms with Crippen LogP contribution in [0.4, 0.5) is 14.5 Å². The zero-order valence-corrected chi connectivity index (χ0v) is 8.57. The van der Waals surface area contributed by atoms with Gasteiger partial charge in [-0.05, 0) is 25.1 Å². The minimum Gasteiger partial charge on any atom is -0.462 e. The normalized spacial score (nSPS) is 10.2. The molecule has 0 unspecified atom stereocenters. The van der Waals surface area contributed by atoms with Crippen LogP contribution in [-0.2, 0) is 4.74 Å². The molecular formula is C10H11F2NO3. The van der Waals surface area contributed by atoms with Crippen molar-refractivity contribution in [1.29, 1.82) is 0 Å². The molecule has 0 saturated carbocycles. The van der Waals surface area contributed by atoms with Crippen molar-refractivity contribution in [2.45, 2.75) is 13.5 Å². The molecule has 1 rings (SSSR count). The molecule has 88 valence electrons. The number of carbonyl (C=O) groups excluding carboxylic acids is 1. The van der Waals surface area contributed by atoms with Crippen LogP contribution in [-0.4, -0.2) is 19.2 Å². The van der Waals surface area contributed by atoms with Gasteiger partial charge in [-0.1, -0.05) is 0 Å². The summed E-state index contributed by atoms with van der Waals surface area (Å²) >= 11 is 0. The van der Waals surface area contributed by atoms with Crippen LogP contribution in [0.3, 0.4) is 0 Å². The Morgan fingerprint density at radius 2 is 2.19 bits per heavy atom. The summed E-state index contributed by atoms with van der Waals surface area (Å²) in [5, 5.41) is 0. The maximum atomic E-state index is 12.0. The molecule has 0 fully saturated rings. The number of halogens is 2. The highest BCUT2D eigenvalue weighted by atomic mass is 19.3. The van der Waals surface area contributed by atoms with Gasteiger partial charge >= 0.3 is 12.6 Å². The van der Waals surface area contributed by atoms with Gasteiger partial charge in [-0.2, -0.15) is 8.78 Å². The predicted octanol–water partition coefficient (Wildman–Crippen LogP) is 2.05. The minimum atomic E-state index is -2.99. The van der Waals surface area contributed by atoms with E-state index < -0.39 is 12.6 Å². The smallest absolute Gasteiger partial charge is 0.387 e. The number of ether oxygens (including phenoxy) is 2. The molecule has 0 radical (unpaired) electrons. The average molecular weight is 231 g/mol. The van der Waals surface area contributed by atoms with E-state index in [1.807, 2.05) is 0 Å². The zero-order valence-electron chi connectivity index (χ0n) is 8.57. The van der Waals surface area contributed by atoms with Crippen molar-refractivity contribution in [3.8, 4) is 5.75 Å². The fourth-order valence-corrected chi connectivity index (χ4v) is 1.07. The monoisotopic (exact) mass is 231 g/mol. The van der Waals surface area contributed by atoms with Gasteiger partial charge in [0.25, 0.3) is 0 Å². The summed E-state index contributed by atoms with van der Waals surface area (Å²) in [4.78, 5) is 11.3. The number of anilines is 1. The topological polar surface area (TPSA) is 61.5 Å². The van der Waals surface area contributed by atoms with Crippen LogP contribution in [0.25, 0.3) is 0 Å². The largest absolute Gasteiger partial charge is 0.462 e. The van der Waals surface area contributed by atoms with Crippen LogP contribution in [0.2, 0.25) is 0 Å². The number of esters is 1. The lowest BCUT2D eigenvalue weighted by molar-refractivity contribution is -0.0494. The molecule has 6 heteroatoms. The molecule has 0 aliphatic rings. The first-order valence-electron chi connectivity index (χ1n) is 4.56. The third kappa shape index (κ3) is 3.08. The first-order valence-corrected chi connectivity index (χ1v) is 4.56. The molecule has 0 heterocycles. The lowest BCUT2D eigenvalue weighted by Crippen LogP contribution is -2.08. The fraction of sp³-hybridized carbons (Fsp3) is 0.300. The van der Waals surface area contributed by atoms with Crippen molar-refractivity contribution in [2.24, 2.45) is 0 Å². The molecule has 0 amide bonds. The molecular weight excluding hydrogens is 220 g/mol.